The molecule has 0 bridgehead atoms. The van der Waals surface area contributed by atoms with E-state index in [1.165, 1.54) is 57.4 Å². The number of amides is 1. The van der Waals surface area contributed by atoms with E-state index in [-0.39, 0.29) is 23.9 Å². The first-order valence-corrected chi connectivity index (χ1v) is 22.7. The number of nitrogens with one attached hydrogen (secondary N) is 1. The molecule has 2 aromatic carbocycles. The third-order valence-electron chi connectivity index (χ3n) is 8.76. The Morgan fingerprint density at radius 2 is 1.53 bits per heavy atom. The second-order valence-corrected chi connectivity index (χ2v) is 24.3. The molecule has 2 aliphatic rings. The van der Waals surface area contributed by atoms with Crippen LogP contribution in [0.5, 0.6) is 5.75 Å². The number of rotatable bonds is 15. The average molecular weight is 623 g/mol. The van der Waals surface area contributed by atoms with Gasteiger partial charge in [0.05, 0.1) is 0 Å². The van der Waals surface area contributed by atoms with Gasteiger partial charge in [0.1, 0.15) is 0 Å². The first-order chi connectivity index (χ1) is 18.6. The van der Waals surface area contributed by atoms with Crippen molar-refractivity contribution in [1.29, 1.82) is 0 Å². The second kappa shape index (κ2) is 14.0. The van der Waals surface area contributed by atoms with Crippen LogP contribution in [0.25, 0.3) is 0 Å². The van der Waals surface area contributed by atoms with Gasteiger partial charge in [-0.2, -0.15) is 0 Å². The number of anilines is 1. The van der Waals surface area contributed by atoms with Crippen LogP contribution >= 0.6 is 0 Å². The molecule has 0 aromatic heterocycles. The number of ether oxygens (including phenoxy) is 1. The summed E-state index contributed by atoms with van der Waals surface area (Å²) in [5.74, 6) is 1.21. The van der Waals surface area contributed by atoms with Crippen molar-refractivity contribution in [3.8, 4) is 5.75 Å². The van der Waals surface area contributed by atoms with Crippen LogP contribution in [0.2, 0.25) is 13.3 Å². The van der Waals surface area contributed by atoms with Crippen molar-refractivity contribution < 1.29 is 9.53 Å². The van der Waals surface area contributed by atoms with E-state index >= 15 is 0 Å². The van der Waals surface area contributed by atoms with Gasteiger partial charge in [-0.05, 0) is 0 Å². The number of nitrogens with zero attached hydrogens (tertiary/aromatic N) is 1. The van der Waals surface area contributed by atoms with Gasteiger partial charge >= 0.3 is 236 Å². The fourth-order valence-corrected chi connectivity index (χ4v) is 22.1. The zero-order chi connectivity index (χ0) is 27.0. The molecule has 1 unspecified atom stereocenters. The first-order valence-electron chi connectivity index (χ1n) is 15.0. The van der Waals surface area contributed by atoms with Crippen molar-refractivity contribution in [1.82, 2.24) is 5.32 Å². The van der Waals surface area contributed by atoms with Gasteiger partial charge in [-0.15, -0.1) is 0 Å². The van der Waals surface area contributed by atoms with Crippen LogP contribution < -0.4 is 15.0 Å². The molecule has 1 saturated carbocycles. The number of fused-ring (bicyclic) bond motifs is 1. The Morgan fingerprint density at radius 3 is 2.08 bits per heavy atom. The van der Waals surface area contributed by atoms with Crippen molar-refractivity contribution in [2.24, 2.45) is 5.92 Å². The van der Waals surface area contributed by atoms with E-state index in [1.807, 2.05) is 24.3 Å². The zero-order valence-corrected chi connectivity index (χ0v) is 26.9. The minimum atomic E-state index is -2.52. The Balaban J connectivity index is 1.68. The van der Waals surface area contributed by atoms with E-state index < -0.39 is 18.4 Å². The molecular weight excluding hydrogens is 575 g/mol. The van der Waals surface area contributed by atoms with Gasteiger partial charge in [0.25, 0.3) is 0 Å². The van der Waals surface area contributed by atoms with Gasteiger partial charge in [0.15, 0.2) is 0 Å². The molecule has 1 N–H and O–H groups in total. The topological polar surface area (TPSA) is 41.6 Å². The van der Waals surface area contributed by atoms with Crippen molar-refractivity contribution in [2.75, 3.05) is 12.0 Å². The van der Waals surface area contributed by atoms with Crippen LogP contribution in [0.1, 0.15) is 71.3 Å². The standard InChI is InChI=1S/C21H21N2O2.3C4H9.Sn/c1-14-12-18-20(19(14)22-13-15-6-4-3-5-7-15)23(21(18)24)16-8-10-17(25-2)11-9-16;3*1-3-4-2;/h1,3-11,18-20,22H,12-13H2,2H3;3*1,3-4H2,2H3;/t18-,19?,20-;;;;/m1..../s1. The van der Waals surface area contributed by atoms with Crippen LogP contribution in [-0.2, 0) is 11.3 Å². The number of carbonyl (C=O) groups is 1. The third-order valence-corrected chi connectivity index (χ3v) is 23.1. The van der Waals surface area contributed by atoms with Crippen LogP contribution in [-0.4, -0.2) is 43.5 Å². The average Bonchev–Trinajstić information content (AvgIpc) is 3.26. The summed E-state index contributed by atoms with van der Waals surface area (Å²) in [4.78, 5) is 15.6. The number of carbonyl (C=O) groups excluding carboxylic acids is 1. The molecule has 4 rings (SSSR count). The Hall–Kier alpha value is -1.79. The van der Waals surface area contributed by atoms with Gasteiger partial charge in [-0.25, -0.2) is 0 Å². The summed E-state index contributed by atoms with van der Waals surface area (Å²) < 4.78 is 12.6. The molecule has 206 valence electrons. The number of hydrogen-bond acceptors (Lipinski definition) is 3. The second-order valence-electron chi connectivity index (χ2n) is 11.4. The fourth-order valence-electron chi connectivity index (χ4n) is 6.60. The van der Waals surface area contributed by atoms with Gasteiger partial charge in [0.2, 0.25) is 0 Å². The molecule has 0 radical (unpaired) electrons. The van der Waals surface area contributed by atoms with Gasteiger partial charge < -0.3 is 0 Å². The van der Waals surface area contributed by atoms with Crippen molar-refractivity contribution in [2.45, 2.75) is 97.7 Å². The number of benzene rings is 2. The fraction of sp³-hybridized carbons (Fsp3) is 0.545. The van der Waals surface area contributed by atoms with Crippen LogP contribution in [0.4, 0.5) is 5.69 Å². The normalized spacial score (nSPS) is 22.0. The van der Waals surface area contributed by atoms with Gasteiger partial charge in [-0.3, -0.25) is 0 Å². The van der Waals surface area contributed by atoms with Crippen LogP contribution in [0.15, 0.2) is 64.3 Å². The summed E-state index contributed by atoms with van der Waals surface area (Å²) in [5, 5.41) is 3.96. The Labute approximate surface area is 235 Å². The van der Waals surface area contributed by atoms with Crippen molar-refractivity contribution in [3.05, 3.63) is 69.8 Å². The number of β-lactam (4-membered cyclic amide) rings is 1. The monoisotopic (exact) mass is 624 g/mol. The summed E-state index contributed by atoms with van der Waals surface area (Å²) in [6.07, 6.45) is 8.86. The predicted molar refractivity (Wildman–Crippen MR) is 162 cm³/mol. The van der Waals surface area contributed by atoms with E-state index in [0.717, 1.165) is 24.4 Å². The van der Waals surface area contributed by atoms with Gasteiger partial charge in [0, 0.05) is 0 Å². The molecule has 5 heteroatoms. The summed E-state index contributed by atoms with van der Waals surface area (Å²) >= 11 is -2.52. The molecule has 1 saturated heterocycles. The van der Waals surface area contributed by atoms with Gasteiger partial charge in [-0.1, -0.05) is 0 Å². The molecule has 1 amide bonds. The molecule has 1 aliphatic heterocycles. The van der Waals surface area contributed by atoms with Crippen LogP contribution in [0, 0.1) is 5.92 Å². The summed E-state index contributed by atoms with van der Waals surface area (Å²) in [7, 11) is 1.69. The van der Waals surface area contributed by atoms with Crippen molar-refractivity contribution in [3.63, 3.8) is 0 Å². The molecule has 1 heterocycles. The number of methoxy groups -OCH3 is 1. The molecule has 38 heavy (non-hydrogen) atoms. The SMILES string of the molecule is CCC[CH2][Sn](/[CH]=C1/C[C@H]2C(=O)N(c3ccc(OC)cc3)[C@H]2C1NCc1ccccc1)([CH2]CCC)[CH2]CCC. The maximum absolute atomic E-state index is 13.5. The first kappa shape index (κ1) is 29.2. The molecule has 3 atom stereocenters. The number of hydrogen-bond donors (Lipinski definition) is 1. The molecule has 4 nitrogen and oxygen atoms in total. The predicted octanol–water partition coefficient (Wildman–Crippen LogP) is 7.90. The van der Waals surface area contributed by atoms with E-state index in [2.05, 4.69) is 65.4 Å². The molecule has 1 aliphatic carbocycles. The minimum absolute atomic E-state index is 0.101. The zero-order valence-electron chi connectivity index (χ0n) is 24.0. The maximum atomic E-state index is 13.5. The van der Waals surface area contributed by atoms with E-state index in [9.17, 15) is 4.79 Å². The number of unbranched alkanes of at least 4 members (excludes halogenated alkanes) is 3. The van der Waals surface area contributed by atoms with Crippen molar-refractivity contribution >= 4 is 30.0 Å². The Kier molecular flexibility index (Phi) is 10.8. The summed E-state index contributed by atoms with van der Waals surface area (Å²) in [6, 6.07) is 19.1. The Bertz CT molecular complexity index is 1030. The van der Waals surface area contributed by atoms with E-state index in [0.29, 0.717) is 0 Å². The molecule has 2 aromatic rings. The Morgan fingerprint density at radius 1 is 0.921 bits per heavy atom. The van der Waals surface area contributed by atoms with E-state index in [4.69, 9.17) is 4.74 Å². The third kappa shape index (κ3) is 6.67. The van der Waals surface area contributed by atoms with Crippen LogP contribution in [0.3, 0.4) is 0 Å². The molecule has 2 fully saturated rings. The molecular formula is C33H48N2O2Sn. The summed E-state index contributed by atoms with van der Waals surface area (Å²) in [6.45, 7) is 7.86. The van der Waals surface area contributed by atoms with E-state index in [1.54, 1.807) is 12.7 Å². The summed E-state index contributed by atoms with van der Waals surface area (Å²) in [5.41, 5.74) is 3.84. The molecule has 0 spiro atoms. The quantitative estimate of drug-likeness (QED) is 0.162.